The van der Waals surface area contributed by atoms with Crippen molar-refractivity contribution in [1.29, 1.82) is 0 Å². The average molecular weight is 398 g/mol. The van der Waals surface area contributed by atoms with Crippen LogP contribution in [0.3, 0.4) is 0 Å². The Hall–Kier alpha value is -3.55. The molecule has 0 bridgehead atoms. The van der Waals surface area contributed by atoms with Crippen LogP contribution in [0.1, 0.15) is 52.8 Å². The van der Waals surface area contributed by atoms with E-state index in [4.69, 9.17) is 5.11 Å². The quantitative estimate of drug-likeness (QED) is 0.335. The first kappa shape index (κ1) is 21.7. The molecule has 0 aliphatic heterocycles. The lowest BCUT2D eigenvalue weighted by Crippen LogP contribution is -2.34. The van der Waals surface area contributed by atoms with Crippen LogP contribution in [-0.2, 0) is 0 Å². The zero-order valence-electron chi connectivity index (χ0n) is 15.7. The molecule has 0 unspecified atom stereocenters. The number of Topliss-reactive ketones (excluding diaryl/α,β-unsaturated/α-hetero) is 2. The Labute approximate surface area is 167 Å². The summed E-state index contributed by atoms with van der Waals surface area (Å²) in [5.74, 6) is -1.63. The number of nitro benzene ring substituents is 1. The van der Waals surface area contributed by atoms with Crippen LogP contribution >= 0.6 is 0 Å². The number of para-hydroxylation sites is 1. The minimum atomic E-state index is -0.882. The van der Waals surface area contributed by atoms with Crippen molar-refractivity contribution in [3.63, 3.8) is 0 Å². The lowest BCUT2D eigenvalue weighted by atomic mass is 9.96. The fraction of sp³-hybridized carbons (Fsp3) is 0.286. The van der Waals surface area contributed by atoms with Gasteiger partial charge in [-0.25, -0.2) is 4.79 Å². The highest BCUT2D eigenvalue weighted by atomic mass is 16.6. The Morgan fingerprint density at radius 2 is 1.48 bits per heavy atom. The topological polar surface area (TPSA) is 127 Å². The van der Waals surface area contributed by atoms with E-state index in [1.807, 2.05) is 0 Å². The van der Waals surface area contributed by atoms with E-state index >= 15 is 0 Å². The van der Waals surface area contributed by atoms with Gasteiger partial charge in [0.15, 0.2) is 0 Å². The van der Waals surface area contributed by atoms with Crippen molar-refractivity contribution in [2.75, 3.05) is 0 Å². The standard InChI is InChI=1S/C14H9NO4.C7H13NO2/c16-13(10-6-2-1-3-7-10)14(17)11-8-4-5-9-12(11)15(18)19;9-7(10)8-6-4-2-1-3-5-6/h1-9H;6,8H,1-5H2,(H,9,10). The summed E-state index contributed by atoms with van der Waals surface area (Å²) in [7, 11) is 0. The minimum Gasteiger partial charge on any atom is -0.465 e. The predicted octanol–water partition coefficient (Wildman–Crippen LogP) is 4.25. The first-order chi connectivity index (χ1) is 13.9. The molecule has 152 valence electrons. The second-order valence-electron chi connectivity index (χ2n) is 6.58. The summed E-state index contributed by atoms with van der Waals surface area (Å²) in [6.45, 7) is 0. The van der Waals surface area contributed by atoms with Gasteiger partial charge in [-0.15, -0.1) is 0 Å². The molecule has 1 aliphatic rings. The molecule has 1 aliphatic carbocycles. The highest BCUT2D eigenvalue weighted by Gasteiger charge is 2.25. The van der Waals surface area contributed by atoms with Gasteiger partial charge in [0.05, 0.1) is 4.92 Å². The molecule has 29 heavy (non-hydrogen) atoms. The van der Waals surface area contributed by atoms with E-state index in [-0.39, 0.29) is 22.9 Å². The third-order valence-electron chi connectivity index (χ3n) is 4.52. The summed E-state index contributed by atoms with van der Waals surface area (Å²) in [5.41, 5.74) is -0.344. The molecule has 2 aromatic carbocycles. The summed E-state index contributed by atoms with van der Waals surface area (Å²) in [4.78, 5) is 44.3. The van der Waals surface area contributed by atoms with Crippen molar-refractivity contribution in [3.05, 3.63) is 75.8 Å². The van der Waals surface area contributed by atoms with Crippen LogP contribution in [0.25, 0.3) is 0 Å². The monoisotopic (exact) mass is 398 g/mol. The highest BCUT2D eigenvalue weighted by molar-refractivity contribution is 6.49. The number of benzene rings is 2. The maximum Gasteiger partial charge on any atom is 0.404 e. The molecular weight excluding hydrogens is 376 g/mol. The number of nitrogens with zero attached hydrogens (tertiary/aromatic N) is 1. The number of carboxylic acid groups (broad SMARTS) is 1. The Bertz CT molecular complexity index is 876. The van der Waals surface area contributed by atoms with Crippen molar-refractivity contribution in [2.45, 2.75) is 38.1 Å². The van der Waals surface area contributed by atoms with Gasteiger partial charge in [0.25, 0.3) is 5.69 Å². The molecule has 0 aromatic heterocycles. The second-order valence-corrected chi connectivity index (χ2v) is 6.58. The van der Waals surface area contributed by atoms with Gasteiger partial charge in [0.1, 0.15) is 5.56 Å². The van der Waals surface area contributed by atoms with E-state index < -0.39 is 22.6 Å². The molecule has 2 aromatic rings. The maximum absolute atomic E-state index is 12.0. The van der Waals surface area contributed by atoms with Crippen LogP contribution < -0.4 is 5.32 Å². The van der Waals surface area contributed by atoms with Crippen LogP contribution in [0.5, 0.6) is 0 Å². The van der Waals surface area contributed by atoms with Gasteiger partial charge < -0.3 is 10.4 Å². The van der Waals surface area contributed by atoms with E-state index in [1.165, 1.54) is 55.7 Å². The lowest BCUT2D eigenvalue weighted by Gasteiger charge is -2.20. The maximum atomic E-state index is 12.0. The molecule has 1 amide bonds. The van der Waals surface area contributed by atoms with E-state index in [1.54, 1.807) is 18.2 Å². The fourth-order valence-corrected chi connectivity index (χ4v) is 3.09. The number of nitro groups is 1. The number of ketones is 2. The Kier molecular flexibility index (Phi) is 8.02. The molecular formula is C21H22N2O6. The summed E-state index contributed by atoms with van der Waals surface area (Å²) >= 11 is 0. The van der Waals surface area contributed by atoms with Crippen molar-refractivity contribution in [3.8, 4) is 0 Å². The zero-order chi connectivity index (χ0) is 21.2. The van der Waals surface area contributed by atoms with Crippen LogP contribution in [0.2, 0.25) is 0 Å². The summed E-state index contributed by atoms with van der Waals surface area (Å²) in [5, 5.41) is 21.7. The molecule has 0 spiro atoms. The number of carbonyl (C=O) groups excluding carboxylic acids is 2. The first-order valence-electron chi connectivity index (χ1n) is 9.27. The van der Waals surface area contributed by atoms with Gasteiger partial charge in [0, 0.05) is 17.7 Å². The van der Waals surface area contributed by atoms with Crippen molar-refractivity contribution >= 4 is 23.3 Å². The molecule has 0 atom stereocenters. The lowest BCUT2D eigenvalue weighted by molar-refractivity contribution is -0.385. The van der Waals surface area contributed by atoms with E-state index in [9.17, 15) is 24.5 Å². The smallest absolute Gasteiger partial charge is 0.404 e. The van der Waals surface area contributed by atoms with Gasteiger partial charge in [-0.05, 0) is 18.9 Å². The first-order valence-corrected chi connectivity index (χ1v) is 9.27. The van der Waals surface area contributed by atoms with E-state index in [0.717, 1.165) is 12.8 Å². The number of carbonyl (C=O) groups is 3. The van der Waals surface area contributed by atoms with Crippen molar-refractivity contribution < 1.29 is 24.4 Å². The number of amides is 1. The third kappa shape index (κ3) is 6.53. The molecule has 0 heterocycles. The largest absolute Gasteiger partial charge is 0.465 e. The van der Waals surface area contributed by atoms with E-state index in [2.05, 4.69) is 5.32 Å². The van der Waals surface area contributed by atoms with Gasteiger partial charge >= 0.3 is 6.09 Å². The van der Waals surface area contributed by atoms with Gasteiger partial charge in [-0.2, -0.15) is 0 Å². The zero-order valence-corrected chi connectivity index (χ0v) is 15.7. The number of nitrogens with one attached hydrogen (secondary N) is 1. The number of rotatable bonds is 5. The molecule has 0 radical (unpaired) electrons. The van der Waals surface area contributed by atoms with E-state index in [0.29, 0.717) is 0 Å². The Balaban J connectivity index is 0.000000253. The summed E-state index contributed by atoms with van der Waals surface area (Å²) in [6.07, 6.45) is 4.76. The third-order valence-corrected chi connectivity index (χ3v) is 4.52. The van der Waals surface area contributed by atoms with Crippen molar-refractivity contribution in [1.82, 2.24) is 5.32 Å². The summed E-state index contributed by atoms with van der Waals surface area (Å²) in [6, 6.07) is 13.6. The Morgan fingerprint density at radius 1 is 0.897 bits per heavy atom. The van der Waals surface area contributed by atoms with Crippen LogP contribution in [0, 0.1) is 10.1 Å². The number of hydrogen-bond acceptors (Lipinski definition) is 5. The SMILES string of the molecule is O=C(C(=O)c1ccccc1[N+](=O)[O-])c1ccccc1.O=C(O)NC1CCCCC1. The average Bonchev–Trinajstić information content (AvgIpc) is 2.74. The molecule has 3 rings (SSSR count). The molecule has 1 saturated carbocycles. The fourth-order valence-electron chi connectivity index (χ4n) is 3.09. The number of hydrogen-bond donors (Lipinski definition) is 2. The van der Waals surface area contributed by atoms with Gasteiger partial charge in [-0.1, -0.05) is 61.7 Å². The van der Waals surface area contributed by atoms with Gasteiger partial charge in [-0.3, -0.25) is 19.7 Å². The van der Waals surface area contributed by atoms with Crippen LogP contribution in [0.15, 0.2) is 54.6 Å². The van der Waals surface area contributed by atoms with Crippen LogP contribution in [0.4, 0.5) is 10.5 Å². The molecule has 8 nitrogen and oxygen atoms in total. The molecule has 0 saturated heterocycles. The minimum absolute atomic E-state index is 0.193. The molecule has 2 N–H and O–H groups in total. The highest BCUT2D eigenvalue weighted by Crippen LogP contribution is 2.20. The molecule has 1 fully saturated rings. The Morgan fingerprint density at radius 3 is 2.07 bits per heavy atom. The molecule has 8 heteroatoms. The van der Waals surface area contributed by atoms with Crippen LogP contribution in [-0.4, -0.2) is 33.7 Å². The van der Waals surface area contributed by atoms with Crippen molar-refractivity contribution in [2.24, 2.45) is 0 Å². The predicted molar refractivity (Wildman–Crippen MR) is 106 cm³/mol. The van der Waals surface area contributed by atoms with Gasteiger partial charge in [0.2, 0.25) is 11.6 Å². The normalized spacial score (nSPS) is 13.5. The second kappa shape index (κ2) is 10.7. The summed E-state index contributed by atoms with van der Waals surface area (Å²) < 4.78 is 0.